The molecule has 0 amide bonds. The predicted octanol–water partition coefficient (Wildman–Crippen LogP) is 2.16. The summed E-state index contributed by atoms with van der Waals surface area (Å²) in [4.78, 5) is 4.38. The van der Waals surface area contributed by atoms with Gasteiger partial charge in [0.1, 0.15) is 5.82 Å². The second-order valence-electron chi connectivity index (χ2n) is 5.48. The molecular weight excluding hydrogens is 250 g/mol. The lowest BCUT2D eigenvalue weighted by Gasteiger charge is -2.15. The van der Waals surface area contributed by atoms with Crippen molar-refractivity contribution in [2.45, 2.75) is 26.5 Å². The van der Waals surface area contributed by atoms with Crippen molar-refractivity contribution in [1.29, 1.82) is 0 Å². The van der Waals surface area contributed by atoms with Gasteiger partial charge in [-0.05, 0) is 12.5 Å². The van der Waals surface area contributed by atoms with Crippen LogP contribution in [0.25, 0.3) is 11.4 Å². The Balaban J connectivity index is 1.95. The average molecular weight is 273 g/mol. The number of rotatable bonds is 7. The summed E-state index contributed by atoms with van der Waals surface area (Å²) in [5, 5.41) is 13.4. The molecule has 0 bridgehead atoms. The maximum atomic E-state index is 10.1. The van der Waals surface area contributed by atoms with E-state index >= 15 is 0 Å². The number of nitrogens with zero attached hydrogens (tertiary/aromatic N) is 2. The third kappa shape index (κ3) is 4.18. The molecule has 4 heteroatoms. The molecule has 2 rings (SSSR count). The van der Waals surface area contributed by atoms with Crippen LogP contribution in [0.5, 0.6) is 0 Å². The molecule has 0 fully saturated rings. The van der Waals surface area contributed by atoms with Crippen molar-refractivity contribution in [2.75, 3.05) is 13.1 Å². The van der Waals surface area contributed by atoms with Gasteiger partial charge in [0, 0.05) is 24.5 Å². The summed E-state index contributed by atoms with van der Waals surface area (Å²) < 4.78 is 2.00. The molecule has 1 aromatic carbocycles. The van der Waals surface area contributed by atoms with E-state index in [0.717, 1.165) is 17.9 Å². The van der Waals surface area contributed by atoms with Crippen LogP contribution < -0.4 is 5.32 Å². The van der Waals surface area contributed by atoms with Gasteiger partial charge in [-0.3, -0.25) is 0 Å². The van der Waals surface area contributed by atoms with Crippen molar-refractivity contribution in [3.8, 4) is 11.4 Å². The molecule has 0 saturated carbocycles. The van der Waals surface area contributed by atoms with Gasteiger partial charge >= 0.3 is 0 Å². The van der Waals surface area contributed by atoms with Gasteiger partial charge in [0.25, 0.3) is 0 Å². The van der Waals surface area contributed by atoms with Gasteiger partial charge in [0.2, 0.25) is 0 Å². The lowest BCUT2D eigenvalue weighted by Crippen LogP contribution is -2.32. The fourth-order valence-electron chi connectivity index (χ4n) is 2.13. The molecule has 0 radical (unpaired) electrons. The standard InChI is InChI=1S/C16H23N3O/c1-13(2)10-17-11-15(20)12-19-9-8-18-16(19)14-6-4-3-5-7-14/h3-9,13,15,17,20H,10-12H2,1-2H3. The average Bonchev–Trinajstić information content (AvgIpc) is 2.87. The Bertz CT molecular complexity index is 507. The second kappa shape index (κ2) is 7.22. The van der Waals surface area contributed by atoms with Gasteiger partial charge in [-0.15, -0.1) is 0 Å². The summed E-state index contributed by atoms with van der Waals surface area (Å²) >= 11 is 0. The number of imidazole rings is 1. The summed E-state index contributed by atoms with van der Waals surface area (Å²) in [5.41, 5.74) is 1.07. The topological polar surface area (TPSA) is 50.1 Å². The summed E-state index contributed by atoms with van der Waals surface area (Å²) in [6.45, 7) is 6.39. The highest BCUT2D eigenvalue weighted by atomic mass is 16.3. The van der Waals surface area contributed by atoms with Crippen molar-refractivity contribution < 1.29 is 5.11 Å². The number of aliphatic hydroxyl groups excluding tert-OH is 1. The Morgan fingerprint density at radius 2 is 1.95 bits per heavy atom. The van der Waals surface area contributed by atoms with Gasteiger partial charge < -0.3 is 15.0 Å². The highest BCUT2D eigenvalue weighted by molar-refractivity contribution is 5.55. The Morgan fingerprint density at radius 3 is 2.65 bits per heavy atom. The van der Waals surface area contributed by atoms with Crippen LogP contribution in [0.4, 0.5) is 0 Å². The minimum Gasteiger partial charge on any atom is -0.390 e. The van der Waals surface area contributed by atoms with Crippen LogP contribution in [-0.4, -0.2) is 33.9 Å². The number of hydrogen-bond acceptors (Lipinski definition) is 3. The van der Waals surface area contributed by atoms with Crippen LogP contribution in [0.3, 0.4) is 0 Å². The van der Waals surface area contributed by atoms with E-state index in [9.17, 15) is 5.11 Å². The number of aromatic nitrogens is 2. The normalized spacial score (nSPS) is 12.8. The molecule has 0 saturated heterocycles. The van der Waals surface area contributed by atoms with Crippen molar-refractivity contribution in [3.63, 3.8) is 0 Å². The van der Waals surface area contributed by atoms with Gasteiger partial charge in [0.05, 0.1) is 12.6 Å². The molecule has 2 N–H and O–H groups in total. The van der Waals surface area contributed by atoms with Crippen LogP contribution in [0.2, 0.25) is 0 Å². The summed E-state index contributed by atoms with van der Waals surface area (Å²) in [6, 6.07) is 10.0. The first kappa shape index (κ1) is 14.8. The lowest BCUT2D eigenvalue weighted by molar-refractivity contribution is 0.151. The highest BCUT2D eigenvalue weighted by Crippen LogP contribution is 2.16. The van der Waals surface area contributed by atoms with Crippen molar-refractivity contribution in [2.24, 2.45) is 5.92 Å². The van der Waals surface area contributed by atoms with E-state index in [1.807, 2.05) is 41.1 Å². The first-order valence-electron chi connectivity index (χ1n) is 7.12. The first-order valence-corrected chi connectivity index (χ1v) is 7.12. The van der Waals surface area contributed by atoms with E-state index in [2.05, 4.69) is 24.1 Å². The number of hydrogen-bond donors (Lipinski definition) is 2. The van der Waals surface area contributed by atoms with Gasteiger partial charge in [-0.2, -0.15) is 0 Å². The van der Waals surface area contributed by atoms with E-state index in [0.29, 0.717) is 19.0 Å². The minimum absolute atomic E-state index is 0.412. The molecule has 1 aromatic heterocycles. The van der Waals surface area contributed by atoms with Crippen LogP contribution in [0.15, 0.2) is 42.7 Å². The second-order valence-corrected chi connectivity index (χ2v) is 5.48. The highest BCUT2D eigenvalue weighted by Gasteiger charge is 2.10. The molecule has 2 aromatic rings. The first-order chi connectivity index (χ1) is 9.66. The fraction of sp³-hybridized carbons (Fsp3) is 0.438. The van der Waals surface area contributed by atoms with Gasteiger partial charge in [0.15, 0.2) is 0 Å². The zero-order valence-electron chi connectivity index (χ0n) is 12.2. The Morgan fingerprint density at radius 1 is 1.20 bits per heavy atom. The van der Waals surface area contributed by atoms with Crippen molar-refractivity contribution >= 4 is 0 Å². The van der Waals surface area contributed by atoms with E-state index in [1.54, 1.807) is 6.20 Å². The molecule has 0 spiro atoms. The smallest absolute Gasteiger partial charge is 0.139 e. The van der Waals surface area contributed by atoms with Crippen LogP contribution in [0, 0.1) is 5.92 Å². The molecule has 4 nitrogen and oxygen atoms in total. The maximum absolute atomic E-state index is 10.1. The van der Waals surface area contributed by atoms with E-state index < -0.39 is 6.10 Å². The number of benzene rings is 1. The molecule has 0 aliphatic carbocycles. The van der Waals surface area contributed by atoms with E-state index in [1.165, 1.54) is 0 Å². The third-order valence-corrected chi connectivity index (χ3v) is 3.09. The SMILES string of the molecule is CC(C)CNCC(O)Cn1ccnc1-c1ccccc1. The molecule has 1 unspecified atom stereocenters. The van der Waals surface area contributed by atoms with Gasteiger partial charge in [-0.25, -0.2) is 4.98 Å². The zero-order chi connectivity index (χ0) is 14.4. The lowest BCUT2D eigenvalue weighted by atomic mass is 10.2. The summed E-state index contributed by atoms with van der Waals surface area (Å²) in [7, 11) is 0. The monoisotopic (exact) mass is 273 g/mol. The van der Waals surface area contributed by atoms with Crippen molar-refractivity contribution in [1.82, 2.24) is 14.9 Å². The predicted molar refractivity (Wildman–Crippen MR) is 81.4 cm³/mol. The Hall–Kier alpha value is -1.65. The third-order valence-electron chi connectivity index (χ3n) is 3.09. The van der Waals surface area contributed by atoms with Gasteiger partial charge in [-0.1, -0.05) is 44.2 Å². The van der Waals surface area contributed by atoms with Crippen LogP contribution in [0.1, 0.15) is 13.8 Å². The maximum Gasteiger partial charge on any atom is 0.139 e. The molecule has 1 atom stereocenters. The molecule has 0 aliphatic rings. The van der Waals surface area contributed by atoms with E-state index in [-0.39, 0.29) is 0 Å². The number of nitrogens with one attached hydrogen (secondary N) is 1. The van der Waals surface area contributed by atoms with Crippen molar-refractivity contribution in [3.05, 3.63) is 42.7 Å². The molecule has 20 heavy (non-hydrogen) atoms. The van der Waals surface area contributed by atoms with Crippen LogP contribution >= 0.6 is 0 Å². The molecule has 1 heterocycles. The fourth-order valence-corrected chi connectivity index (χ4v) is 2.13. The van der Waals surface area contributed by atoms with Crippen LogP contribution in [-0.2, 0) is 6.54 Å². The number of aliphatic hydroxyl groups is 1. The Kier molecular flexibility index (Phi) is 5.32. The van der Waals surface area contributed by atoms with E-state index in [4.69, 9.17) is 0 Å². The summed E-state index contributed by atoms with van der Waals surface area (Å²) in [5.74, 6) is 1.49. The largest absolute Gasteiger partial charge is 0.390 e. The Labute approximate surface area is 120 Å². The molecule has 108 valence electrons. The minimum atomic E-state index is -0.412. The molecule has 0 aliphatic heterocycles. The molecular formula is C16H23N3O. The summed E-state index contributed by atoms with van der Waals surface area (Å²) in [6.07, 6.45) is 3.27. The quantitative estimate of drug-likeness (QED) is 0.813. The zero-order valence-corrected chi connectivity index (χ0v) is 12.2.